The van der Waals surface area contributed by atoms with Gasteiger partial charge in [-0.1, -0.05) is 6.92 Å². The van der Waals surface area contributed by atoms with E-state index in [0.29, 0.717) is 31.3 Å². The van der Waals surface area contributed by atoms with Gasteiger partial charge in [-0.05, 0) is 20.3 Å². The lowest BCUT2D eigenvalue weighted by molar-refractivity contribution is -0.121. The van der Waals surface area contributed by atoms with E-state index in [2.05, 4.69) is 20.6 Å². The molecule has 1 aromatic rings. The van der Waals surface area contributed by atoms with E-state index in [-0.39, 0.29) is 11.9 Å². The van der Waals surface area contributed by atoms with Gasteiger partial charge in [0.05, 0.1) is 6.61 Å². The van der Waals surface area contributed by atoms with Crippen LogP contribution in [-0.2, 0) is 4.79 Å². The molecule has 0 aromatic carbocycles. The lowest BCUT2D eigenvalue weighted by Gasteiger charge is -2.11. The molecule has 1 unspecified atom stereocenters. The van der Waals surface area contributed by atoms with Crippen LogP contribution in [0.2, 0.25) is 0 Å². The van der Waals surface area contributed by atoms with Crippen molar-refractivity contribution >= 4 is 11.7 Å². The zero-order valence-electron chi connectivity index (χ0n) is 11.8. The number of carbonyl (C=O) groups excluding carboxylic acids is 1. The van der Waals surface area contributed by atoms with Crippen LogP contribution in [0.3, 0.4) is 0 Å². The maximum atomic E-state index is 11.6. The second-order valence-electron chi connectivity index (χ2n) is 4.23. The standard InChI is InChI=1S/C13H22N4O2/c1-4-10(3)17-12(18)6-7-14-11-8-13(19-5-2)16-9-15-11/h8-10H,4-7H2,1-3H3,(H,17,18)(H,14,15,16). The van der Waals surface area contributed by atoms with E-state index < -0.39 is 0 Å². The number of ether oxygens (including phenoxy) is 1. The molecule has 1 rings (SSSR count). The van der Waals surface area contributed by atoms with Gasteiger partial charge in [-0.3, -0.25) is 4.79 Å². The molecule has 2 N–H and O–H groups in total. The fraction of sp³-hybridized carbons (Fsp3) is 0.615. The molecule has 0 spiro atoms. The quantitative estimate of drug-likeness (QED) is 0.747. The maximum absolute atomic E-state index is 11.6. The number of nitrogens with zero attached hydrogens (tertiary/aromatic N) is 2. The van der Waals surface area contributed by atoms with Crippen molar-refractivity contribution in [1.29, 1.82) is 0 Å². The topological polar surface area (TPSA) is 76.1 Å². The van der Waals surface area contributed by atoms with E-state index in [4.69, 9.17) is 4.74 Å². The first-order chi connectivity index (χ1) is 9.15. The van der Waals surface area contributed by atoms with Crippen molar-refractivity contribution in [2.24, 2.45) is 0 Å². The zero-order chi connectivity index (χ0) is 14.1. The summed E-state index contributed by atoms with van der Waals surface area (Å²) < 4.78 is 5.27. The van der Waals surface area contributed by atoms with Gasteiger partial charge in [0.2, 0.25) is 11.8 Å². The Labute approximate surface area is 114 Å². The third kappa shape index (κ3) is 6.03. The van der Waals surface area contributed by atoms with E-state index in [0.717, 1.165) is 6.42 Å². The molecule has 0 aliphatic carbocycles. The van der Waals surface area contributed by atoms with Gasteiger partial charge in [-0.25, -0.2) is 9.97 Å². The van der Waals surface area contributed by atoms with Crippen LogP contribution in [0.5, 0.6) is 5.88 Å². The zero-order valence-corrected chi connectivity index (χ0v) is 11.8. The summed E-state index contributed by atoms with van der Waals surface area (Å²) in [6.45, 7) is 7.02. The number of hydrogen-bond donors (Lipinski definition) is 2. The summed E-state index contributed by atoms with van der Waals surface area (Å²) in [6, 6.07) is 1.94. The summed E-state index contributed by atoms with van der Waals surface area (Å²) in [4.78, 5) is 19.6. The molecule has 0 fully saturated rings. The third-order valence-corrected chi connectivity index (χ3v) is 2.61. The van der Waals surface area contributed by atoms with Crippen LogP contribution in [0.15, 0.2) is 12.4 Å². The summed E-state index contributed by atoms with van der Waals surface area (Å²) in [7, 11) is 0. The number of rotatable bonds is 8. The summed E-state index contributed by atoms with van der Waals surface area (Å²) in [5, 5.41) is 5.98. The van der Waals surface area contributed by atoms with Crippen LogP contribution < -0.4 is 15.4 Å². The Morgan fingerprint density at radius 1 is 1.42 bits per heavy atom. The summed E-state index contributed by atoms with van der Waals surface area (Å²) >= 11 is 0. The molecule has 0 radical (unpaired) electrons. The van der Waals surface area contributed by atoms with Crippen LogP contribution in [-0.4, -0.2) is 35.1 Å². The van der Waals surface area contributed by atoms with Crippen molar-refractivity contribution in [1.82, 2.24) is 15.3 Å². The molecule has 0 aliphatic heterocycles. The Morgan fingerprint density at radius 2 is 2.21 bits per heavy atom. The molecule has 6 heteroatoms. The first-order valence-corrected chi connectivity index (χ1v) is 6.63. The minimum absolute atomic E-state index is 0.0425. The molecule has 19 heavy (non-hydrogen) atoms. The first kappa shape index (κ1) is 15.2. The van der Waals surface area contributed by atoms with Crippen molar-refractivity contribution < 1.29 is 9.53 Å². The monoisotopic (exact) mass is 266 g/mol. The van der Waals surface area contributed by atoms with Gasteiger partial charge in [0.15, 0.2) is 0 Å². The highest BCUT2D eigenvalue weighted by Crippen LogP contribution is 2.10. The second kappa shape index (κ2) is 8.29. The van der Waals surface area contributed by atoms with Crippen LogP contribution >= 0.6 is 0 Å². The molecule has 0 bridgehead atoms. The van der Waals surface area contributed by atoms with Crippen LogP contribution in [0, 0.1) is 0 Å². The molecule has 0 aliphatic rings. The van der Waals surface area contributed by atoms with Crippen molar-refractivity contribution in [3.8, 4) is 5.88 Å². The predicted molar refractivity (Wildman–Crippen MR) is 74.2 cm³/mol. The molecular weight excluding hydrogens is 244 g/mol. The number of anilines is 1. The largest absolute Gasteiger partial charge is 0.478 e. The Balaban J connectivity index is 2.32. The molecule has 106 valence electrons. The lowest BCUT2D eigenvalue weighted by atomic mass is 10.2. The molecule has 1 heterocycles. The SMILES string of the molecule is CCOc1cc(NCCC(=O)NC(C)CC)ncn1. The lowest BCUT2D eigenvalue weighted by Crippen LogP contribution is -2.33. The summed E-state index contributed by atoms with van der Waals surface area (Å²) in [6.07, 6.45) is 2.79. The molecule has 0 saturated carbocycles. The fourth-order valence-electron chi connectivity index (χ4n) is 1.42. The van der Waals surface area contributed by atoms with Gasteiger partial charge in [0, 0.05) is 25.1 Å². The summed E-state index contributed by atoms with van der Waals surface area (Å²) in [5.74, 6) is 1.24. The number of aromatic nitrogens is 2. The van der Waals surface area contributed by atoms with E-state index in [9.17, 15) is 4.79 Å². The Morgan fingerprint density at radius 3 is 2.89 bits per heavy atom. The summed E-state index contributed by atoms with van der Waals surface area (Å²) in [5.41, 5.74) is 0. The molecular formula is C13H22N4O2. The third-order valence-electron chi connectivity index (χ3n) is 2.61. The first-order valence-electron chi connectivity index (χ1n) is 6.63. The van der Waals surface area contributed by atoms with E-state index in [1.54, 1.807) is 6.07 Å². The molecule has 1 atom stereocenters. The molecule has 1 aromatic heterocycles. The second-order valence-corrected chi connectivity index (χ2v) is 4.23. The van der Waals surface area contributed by atoms with Crippen LogP contribution in [0.4, 0.5) is 5.82 Å². The van der Waals surface area contributed by atoms with Crippen molar-refractivity contribution in [2.45, 2.75) is 39.7 Å². The molecule has 6 nitrogen and oxygen atoms in total. The van der Waals surface area contributed by atoms with E-state index in [1.165, 1.54) is 6.33 Å². The van der Waals surface area contributed by atoms with Gasteiger partial charge in [-0.2, -0.15) is 0 Å². The van der Waals surface area contributed by atoms with E-state index in [1.807, 2.05) is 20.8 Å². The van der Waals surface area contributed by atoms with Gasteiger partial charge >= 0.3 is 0 Å². The smallest absolute Gasteiger partial charge is 0.221 e. The highest BCUT2D eigenvalue weighted by atomic mass is 16.5. The highest BCUT2D eigenvalue weighted by molar-refractivity contribution is 5.76. The normalized spacial score (nSPS) is 11.7. The van der Waals surface area contributed by atoms with Crippen LogP contribution in [0.25, 0.3) is 0 Å². The maximum Gasteiger partial charge on any atom is 0.221 e. The number of nitrogens with one attached hydrogen (secondary N) is 2. The average Bonchev–Trinajstić information content (AvgIpc) is 2.39. The van der Waals surface area contributed by atoms with Gasteiger partial charge in [-0.15, -0.1) is 0 Å². The van der Waals surface area contributed by atoms with Crippen molar-refractivity contribution in [3.05, 3.63) is 12.4 Å². The van der Waals surface area contributed by atoms with Crippen LogP contribution in [0.1, 0.15) is 33.6 Å². The molecule has 0 saturated heterocycles. The minimum atomic E-state index is 0.0425. The average molecular weight is 266 g/mol. The number of amides is 1. The Hall–Kier alpha value is -1.85. The van der Waals surface area contributed by atoms with Gasteiger partial charge in [0.1, 0.15) is 12.1 Å². The fourth-order valence-corrected chi connectivity index (χ4v) is 1.42. The van der Waals surface area contributed by atoms with E-state index >= 15 is 0 Å². The van der Waals surface area contributed by atoms with Crippen molar-refractivity contribution in [3.63, 3.8) is 0 Å². The minimum Gasteiger partial charge on any atom is -0.478 e. The predicted octanol–water partition coefficient (Wildman–Crippen LogP) is 1.59. The Bertz CT molecular complexity index is 398. The molecule has 1 amide bonds. The van der Waals surface area contributed by atoms with Gasteiger partial charge in [0.25, 0.3) is 0 Å². The Kier molecular flexibility index (Phi) is 6.63. The van der Waals surface area contributed by atoms with Crippen molar-refractivity contribution in [2.75, 3.05) is 18.5 Å². The van der Waals surface area contributed by atoms with Gasteiger partial charge < -0.3 is 15.4 Å². The number of carbonyl (C=O) groups is 1. The number of hydrogen-bond acceptors (Lipinski definition) is 5. The highest BCUT2D eigenvalue weighted by Gasteiger charge is 2.05.